The summed E-state index contributed by atoms with van der Waals surface area (Å²) in [5.74, 6) is 0.184. The molecule has 0 spiro atoms. The lowest BCUT2D eigenvalue weighted by atomic mass is 9.98. The van der Waals surface area contributed by atoms with E-state index in [2.05, 4.69) is 10.3 Å². The molecule has 1 aliphatic carbocycles. The number of amides is 3. The van der Waals surface area contributed by atoms with E-state index in [1.54, 1.807) is 69.4 Å². The Hall–Kier alpha value is -4.51. The molecule has 0 unspecified atom stereocenters. The first-order valence-electron chi connectivity index (χ1n) is 19.2. The zero-order valence-corrected chi connectivity index (χ0v) is 34.0. The van der Waals surface area contributed by atoms with Crippen LogP contribution in [0.4, 0.5) is 9.59 Å². The van der Waals surface area contributed by atoms with Gasteiger partial charge < -0.3 is 38.6 Å². The van der Waals surface area contributed by atoms with Gasteiger partial charge in [0.15, 0.2) is 0 Å². The largest absolute Gasteiger partial charge is 0.510 e. The van der Waals surface area contributed by atoms with Crippen molar-refractivity contribution in [1.82, 2.24) is 24.7 Å². The molecule has 17 nitrogen and oxygen atoms in total. The van der Waals surface area contributed by atoms with Gasteiger partial charge >= 0.3 is 19.9 Å². The van der Waals surface area contributed by atoms with E-state index in [9.17, 15) is 28.5 Å². The Morgan fingerprint density at radius 3 is 2.25 bits per heavy atom. The van der Waals surface area contributed by atoms with Crippen LogP contribution in [0.25, 0.3) is 10.1 Å². The number of carbonyl (C=O) groups excluding carboxylic acids is 5. The number of nitrogens with zero attached hydrogens (tertiary/aromatic N) is 4. The number of hydrogen-bond donors (Lipinski definition) is 1. The lowest BCUT2D eigenvalue weighted by Gasteiger charge is -2.43. The number of fused-ring (bicyclic) bond motifs is 3. The van der Waals surface area contributed by atoms with Crippen LogP contribution in [-0.2, 0) is 48.3 Å². The Morgan fingerprint density at radius 2 is 1.60 bits per heavy atom. The van der Waals surface area contributed by atoms with Crippen LogP contribution in [0.15, 0.2) is 43.0 Å². The average molecular weight is 830 g/mol. The van der Waals surface area contributed by atoms with Gasteiger partial charge in [0, 0.05) is 36.2 Å². The molecule has 3 amide bonds. The van der Waals surface area contributed by atoms with Gasteiger partial charge in [0.2, 0.25) is 25.4 Å². The molecule has 2 aromatic heterocycles. The number of rotatable bonds is 14. The summed E-state index contributed by atoms with van der Waals surface area (Å²) in [6.45, 7) is 6.15. The molecule has 3 saturated heterocycles. The summed E-state index contributed by atoms with van der Waals surface area (Å²) in [7, 11) is -4.11. The molecule has 1 aromatic carbocycles. The molecule has 5 atom stereocenters. The lowest BCUT2D eigenvalue weighted by molar-refractivity contribution is -0.150. The number of hydrogen-bond acceptors (Lipinski definition) is 14. The molecule has 3 aliphatic heterocycles. The summed E-state index contributed by atoms with van der Waals surface area (Å²) >= 11 is 1.25. The Morgan fingerprint density at radius 1 is 0.912 bits per heavy atom. The first kappa shape index (κ1) is 40.7. The summed E-state index contributed by atoms with van der Waals surface area (Å²) < 4.78 is 46.9. The first-order valence-corrected chi connectivity index (χ1v) is 21.8. The number of benzene rings is 1. The van der Waals surface area contributed by atoms with Crippen molar-refractivity contribution >= 4 is 59.1 Å². The minimum Gasteiger partial charge on any atom is -0.432 e. The Labute approximate surface area is 333 Å². The monoisotopic (exact) mass is 829 g/mol. The standard InChI is InChI=1S/C38H48N5O12PS/c1-22(2)54-37(47)50-20-52-56(49,53-21-51-38(48)55-23(3)4)18-24-5-8-32-27(11-24)15-33(57-32)34(44)40-30-14-26-12-25(26)13-28-6-7-31(43(28)35(30)45)36(46)42-16-29(17-42)41-10-9-39-19-41/h5,8-11,15,19,22-23,25-26,28-31H,6-7,12-14,16-18,20-21H2,1-4H3,(H,40,44)/t25-,26+,28-,30+,31+/m1/s1. The van der Waals surface area contributed by atoms with Gasteiger partial charge in [0.25, 0.3) is 5.91 Å². The SMILES string of the molecule is CC(C)OC(=O)OCOP(=O)(Cc1ccc2sc(C(=O)N[C@H]3C[C@@H]4C[C@@H]4C[C@H]4CC[C@@H](C(=O)N5CC(n6ccnc6)C5)N4C3=O)cc2c1)OCOC(=O)OC(C)C. The fraction of sp³-hybridized carbons (Fsp3) is 0.579. The number of ether oxygens (including phenoxy) is 4. The van der Waals surface area contributed by atoms with Crippen LogP contribution < -0.4 is 5.32 Å². The highest BCUT2D eigenvalue weighted by atomic mass is 32.1. The van der Waals surface area contributed by atoms with E-state index in [1.165, 1.54) is 11.3 Å². The number of likely N-dealkylation sites (tertiary alicyclic amines) is 1. The van der Waals surface area contributed by atoms with Crippen molar-refractivity contribution in [2.24, 2.45) is 11.8 Å². The quantitative estimate of drug-likeness (QED) is 0.116. The summed E-state index contributed by atoms with van der Waals surface area (Å²) in [4.78, 5) is 73.7. The maximum atomic E-state index is 14.3. The molecule has 57 heavy (non-hydrogen) atoms. The molecule has 19 heteroatoms. The van der Waals surface area contributed by atoms with Crippen LogP contribution in [-0.4, -0.2) is 106 Å². The van der Waals surface area contributed by atoms with Crippen LogP contribution in [0.3, 0.4) is 0 Å². The van der Waals surface area contributed by atoms with Gasteiger partial charge in [0.1, 0.15) is 12.1 Å². The molecule has 1 N–H and O–H groups in total. The van der Waals surface area contributed by atoms with E-state index in [1.807, 2.05) is 15.7 Å². The molecule has 0 radical (unpaired) electrons. The zero-order valence-electron chi connectivity index (χ0n) is 32.3. The molecule has 1 saturated carbocycles. The van der Waals surface area contributed by atoms with Crippen LogP contribution in [0.1, 0.15) is 81.1 Å². The van der Waals surface area contributed by atoms with E-state index in [-0.39, 0.29) is 30.1 Å². The second-order valence-corrected chi connectivity index (χ2v) is 18.7. The number of nitrogens with one attached hydrogen (secondary N) is 1. The molecule has 3 aromatic rings. The van der Waals surface area contributed by atoms with E-state index in [0.717, 1.165) is 24.0 Å². The third-order valence-electron chi connectivity index (χ3n) is 10.6. The van der Waals surface area contributed by atoms with Crippen LogP contribution in [0.5, 0.6) is 0 Å². The predicted octanol–water partition coefficient (Wildman–Crippen LogP) is 5.83. The topological polar surface area (TPSA) is 194 Å². The Kier molecular flexibility index (Phi) is 12.2. The highest BCUT2D eigenvalue weighted by molar-refractivity contribution is 7.53. The summed E-state index contributed by atoms with van der Waals surface area (Å²) in [6.07, 6.45) is 5.88. The fourth-order valence-corrected chi connectivity index (χ4v) is 10.1. The van der Waals surface area contributed by atoms with Gasteiger partial charge in [-0.2, -0.15) is 0 Å². The normalized spacial score (nSPS) is 23.3. The molecule has 4 fully saturated rings. The van der Waals surface area contributed by atoms with Crippen molar-refractivity contribution in [1.29, 1.82) is 0 Å². The van der Waals surface area contributed by atoms with Crippen LogP contribution >= 0.6 is 18.9 Å². The van der Waals surface area contributed by atoms with E-state index < -0.39 is 63.7 Å². The predicted molar refractivity (Wildman–Crippen MR) is 204 cm³/mol. The van der Waals surface area contributed by atoms with Gasteiger partial charge in [-0.05, 0) is 101 Å². The maximum Gasteiger partial charge on any atom is 0.510 e. The molecule has 5 heterocycles. The van der Waals surface area contributed by atoms with Gasteiger partial charge in [-0.25, -0.2) is 14.6 Å². The van der Waals surface area contributed by atoms with Gasteiger partial charge in [-0.1, -0.05) is 6.07 Å². The summed E-state index contributed by atoms with van der Waals surface area (Å²) in [5.41, 5.74) is 0.495. The van der Waals surface area contributed by atoms with Crippen molar-refractivity contribution < 1.29 is 56.5 Å². The van der Waals surface area contributed by atoms with Crippen molar-refractivity contribution in [3.8, 4) is 0 Å². The highest BCUT2D eigenvalue weighted by Crippen LogP contribution is 2.52. The Balaban J connectivity index is 1.01. The molecular formula is C38H48N5O12PS. The third-order valence-corrected chi connectivity index (χ3v) is 13.5. The average Bonchev–Trinajstić information content (AvgIpc) is 3.51. The first-order chi connectivity index (χ1) is 27.2. The highest BCUT2D eigenvalue weighted by Gasteiger charge is 2.52. The van der Waals surface area contributed by atoms with E-state index in [4.69, 9.17) is 28.0 Å². The molecule has 7 rings (SSSR count). The Bertz CT molecular complexity index is 1980. The number of aromatic nitrogens is 2. The van der Waals surface area contributed by atoms with Gasteiger partial charge in [-0.15, -0.1) is 11.3 Å². The number of imidazole rings is 1. The fourth-order valence-electron chi connectivity index (χ4n) is 7.80. The van der Waals surface area contributed by atoms with Gasteiger partial charge in [-0.3, -0.25) is 28.0 Å². The zero-order chi connectivity index (χ0) is 40.4. The molecule has 4 aliphatic rings. The minimum atomic E-state index is -4.11. The molecular weight excluding hydrogens is 781 g/mol. The van der Waals surface area contributed by atoms with Crippen molar-refractivity contribution in [2.75, 3.05) is 26.7 Å². The van der Waals surface area contributed by atoms with Crippen molar-refractivity contribution in [3.05, 3.63) is 53.4 Å². The second-order valence-electron chi connectivity index (χ2n) is 15.5. The van der Waals surface area contributed by atoms with Crippen LogP contribution in [0.2, 0.25) is 0 Å². The van der Waals surface area contributed by atoms with E-state index >= 15 is 0 Å². The smallest absolute Gasteiger partial charge is 0.432 e. The second kappa shape index (κ2) is 17.1. The molecule has 308 valence electrons. The van der Waals surface area contributed by atoms with Crippen molar-refractivity contribution in [3.63, 3.8) is 0 Å². The summed E-state index contributed by atoms with van der Waals surface area (Å²) in [5, 5.41) is 3.69. The number of carbonyl (C=O) groups is 5. The maximum absolute atomic E-state index is 14.3. The van der Waals surface area contributed by atoms with E-state index in [0.29, 0.717) is 53.6 Å². The molecule has 0 bridgehead atoms. The summed E-state index contributed by atoms with van der Waals surface area (Å²) in [6, 6.07) is 5.69. The lowest BCUT2D eigenvalue weighted by Crippen LogP contribution is -2.60. The van der Waals surface area contributed by atoms with Crippen LogP contribution in [0, 0.1) is 11.8 Å². The number of thiophene rings is 1. The minimum absolute atomic E-state index is 0.0283. The third kappa shape index (κ3) is 9.79. The van der Waals surface area contributed by atoms with Crippen molar-refractivity contribution in [2.45, 2.75) is 102 Å². The van der Waals surface area contributed by atoms with Gasteiger partial charge in [0.05, 0.1) is 35.6 Å².